The third kappa shape index (κ3) is 5.24. The molecule has 3 aromatic rings. The van der Waals surface area contributed by atoms with E-state index in [1.54, 1.807) is 11.0 Å². The van der Waals surface area contributed by atoms with Crippen molar-refractivity contribution in [2.45, 2.75) is 63.6 Å². The van der Waals surface area contributed by atoms with Gasteiger partial charge in [-0.15, -0.1) is 0 Å². The molecule has 0 bridgehead atoms. The van der Waals surface area contributed by atoms with E-state index in [4.69, 9.17) is 0 Å². The van der Waals surface area contributed by atoms with Gasteiger partial charge in [0.15, 0.2) is 5.60 Å². The number of hydrogen-bond donors (Lipinski definition) is 2. The van der Waals surface area contributed by atoms with Crippen molar-refractivity contribution in [1.82, 2.24) is 0 Å². The highest BCUT2D eigenvalue weighted by Crippen LogP contribution is 2.44. The van der Waals surface area contributed by atoms with Crippen LogP contribution < -0.4 is 4.90 Å². The number of hydrogen-bond acceptors (Lipinski definition) is 3. The second-order valence-corrected chi connectivity index (χ2v) is 9.34. The fourth-order valence-corrected chi connectivity index (χ4v) is 4.87. The molecule has 0 radical (unpaired) electrons. The number of fused-ring (bicyclic) bond motifs is 1. The summed E-state index contributed by atoms with van der Waals surface area (Å²) in [5.41, 5.74) is 2.66. The Kier molecular flexibility index (Phi) is 7.81. The number of aryl methyl sites for hydroxylation is 1. The molecule has 3 aromatic carbocycles. The van der Waals surface area contributed by atoms with Crippen LogP contribution in [0.25, 0.3) is 0 Å². The molecule has 2 N–H and O–H groups in total. The van der Waals surface area contributed by atoms with Gasteiger partial charge in [-0.3, -0.25) is 4.79 Å². The molecule has 4 rings (SSSR count). The van der Waals surface area contributed by atoms with E-state index in [9.17, 15) is 15.0 Å². The average Bonchev–Trinajstić information content (AvgIpc) is 3.08. The maximum atomic E-state index is 13.5. The highest BCUT2D eigenvalue weighted by Gasteiger charge is 2.50. The van der Waals surface area contributed by atoms with Crippen molar-refractivity contribution in [1.29, 1.82) is 0 Å². The van der Waals surface area contributed by atoms with Crippen LogP contribution in [0.3, 0.4) is 0 Å². The first-order chi connectivity index (χ1) is 16.5. The Labute approximate surface area is 202 Å². The van der Waals surface area contributed by atoms with E-state index >= 15 is 0 Å². The zero-order chi connectivity index (χ0) is 24.0. The van der Waals surface area contributed by atoms with Gasteiger partial charge >= 0.3 is 0 Å². The van der Waals surface area contributed by atoms with Gasteiger partial charge in [0.1, 0.15) is 0 Å². The zero-order valence-corrected chi connectivity index (χ0v) is 20.0. The Hall–Kier alpha value is -2.95. The first-order valence-electron chi connectivity index (χ1n) is 12.5. The van der Waals surface area contributed by atoms with Gasteiger partial charge in [0, 0.05) is 18.5 Å². The molecule has 0 aliphatic carbocycles. The molecule has 0 aromatic heterocycles. The summed E-state index contributed by atoms with van der Waals surface area (Å²) >= 11 is 0. The molecule has 0 fully saturated rings. The van der Waals surface area contributed by atoms with Crippen molar-refractivity contribution in [3.63, 3.8) is 0 Å². The Morgan fingerprint density at radius 1 is 0.824 bits per heavy atom. The van der Waals surface area contributed by atoms with Crippen molar-refractivity contribution in [2.75, 3.05) is 11.4 Å². The van der Waals surface area contributed by atoms with Gasteiger partial charge in [-0.2, -0.15) is 0 Å². The average molecular weight is 458 g/mol. The number of aliphatic hydroxyl groups is 2. The van der Waals surface area contributed by atoms with Gasteiger partial charge in [-0.1, -0.05) is 99.0 Å². The zero-order valence-electron chi connectivity index (χ0n) is 20.0. The maximum Gasteiger partial charge on any atom is 0.263 e. The number of aliphatic hydroxyl groups excluding tert-OH is 1. The van der Waals surface area contributed by atoms with Crippen LogP contribution in [-0.2, 0) is 23.2 Å². The second-order valence-electron chi connectivity index (χ2n) is 9.34. The highest BCUT2D eigenvalue weighted by molar-refractivity contribution is 6.06. The van der Waals surface area contributed by atoms with E-state index in [1.165, 1.54) is 31.2 Å². The number of carbonyl (C=O) groups is 1. The van der Waals surface area contributed by atoms with E-state index in [-0.39, 0.29) is 12.3 Å². The van der Waals surface area contributed by atoms with Crippen LogP contribution in [0.1, 0.15) is 67.4 Å². The largest absolute Gasteiger partial charge is 0.388 e. The molecular weight excluding hydrogens is 422 g/mol. The summed E-state index contributed by atoms with van der Waals surface area (Å²) in [6.07, 6.45) is 5.59. The molecule has 178 valence electrons. The first-order valence-corrected chi connectivity index (χ1v) is 12.5. The molecule has 0 spiro atoms. The predicted octanol–water partition coefficient (Wildman–Crippen LogP) is 5.71. The van der Waals surface area contributed by atoms with Gasteiger partial charge in [-0.05, 0) is 42.0 Å². The lowest BCUT2D eigenvalue weighted by Crippen LogP contribution is -2.42. The van der Waals surface area contributed by atoms with Crippen LogP contribution in [0.15, 0.2) is 78.9 Å². The highest BCUT2D eigenvalue weighted by atomic mass is 16.3. The lowest BCUT2D eigenvalue weighted by molar-refractivity contribution is -0.139. The van der Waals surface area contributed by atoms with Gasteiger partial charge < -0.3 is 15.1 Å². The van der Waals surface area contributed by atoms with Crippen molar-refractivity contribution >= 4 is 11.6 Å². The van der Waals surface area contributed by atoms with Crippen LogP contribution in [0.4, 0.5) is 5.69 Å². The summed E-state index contributed by atoms with van der Waals surface area (Å²) in [7, 11) is 0. The van der Waals surface area contributed by atoms with Gasteiger partial charge in [0.25, 0.3) is 5.91 Å². The number of unbranched alkanes of at least 4 members (excludes halogenated alkanes) is 3. The fraction of sp³-hybridized carbons (Fsp3) is 0.367. The van der Waals surface area contributed by atoms with E-state index in [0.29, 0.717) is 18.5 Å². The first kappa shape index (κ1) is 24.2. The molecule has 2 unspecified atom stereocenters. The van der Waals surface area contributed by atoms with Crippen LogP contribution in [0.2, 0.25) is 0 Å². The molecule has 34 heavy (non-hydrogen) atoms. The monoisotopic (exact) mass is 457 g/mol. The molecule has 0 saturated carbocycles. The molecule has 1 heterocycles. The molecule has 1 aliphatic rings. The summed E-state index contributed by atoms with van der Waals surface area (Å²) in [5, 5.41) is 22.6. The molecule has 2 atom stereocenters. The summed E-state index contributed by atoms with van der Waals surface area (Å²) in [4.78, 5) is 15.1. The van der Waals surface area contributed by atoms with Crippen LogP contribution in [-0.4, -0.2) is 22.7 Å². The van der Waals surface area contributed by atoms with Gasteiger partial charge in [0.05, 0.1) is 11.8 Å². The third-order valence-electron chi connectivity index (χ3n) is 6.88. The minimum absolute atomic E-state index is 0.0689. The number of amides is 1. The van der Waals surface area contributed by atoms with Crippen molar-refractivity contribution < 1.29 is 15.0 Å². The number of nitrogens with zero attached hydrogens (tertiary/aromatic N) is 1. The van der Waals surface area contributed by atoms with E-state index in [0.717, 1.165) is 23.2 Å². The summed E-state index contributed by atoms with van der Waals surface area (Å²) in [6.45, 7) is 2.69. The normalized spacial score (nSPS) is 18.2. The summed E-state index contributed by atoms with van der Waals surface area (Å²) in [5.74, 6) is -0.365. The summed E-state index contributed by atoms with van der Waals surface area (Å²) < 4.78 is 0. The van der Waals surface area contributed by atoms with E-state index < -0.39 is 11.7 Å². The Morgan fingerprint density at radius 2 is 1.50 bits per heavy atom. The second kappa shape index (κ2) is 11.0. The number of para-hydroxylation sites is 1. The molecular formula is C30H35NO3. The quantitative estimate of drug-likeness (QED) is 0.363. The SMILES string of the molecule is CCCCCCc1ccc(C(O)CC2(O)C(=O)N(CCc3ccccc3)c3ccccc32)cc1. The van der Waals surface area contributed by atoms with Crippen LogP contribution in [0, 0.1) is 0 Å². The fourth-order valence-electron chi connectivity index (χ4n) is 4.87. The Bertz CT molecular complexity index is 1080. The van der Waals surface area contributed by atoms with Crippen molar-refractivity contribution in [2.24, 2.45) is 0 Å². The maximum absolute atomic E-state index is 13.5. The van der Waals surface area contributed by atoms with Gasteiger partial charge in [0.2, 0.25) is 0 Å². The molecule has 0 saturated heterocycles. The summed E-state index contributed by atoms with van der Waals surface area (Å²) in [6, 6.07) is 25.3. The number of anilines is 1. The number of benzene rings is 3. The number of carbonyl (C=O) groups excluding carboxylic acids is 1. The molecule has 1 aliphatic heterocycles. The lowest BCUT2D eigenvalue weighted by atomic mass is 9.87. The minimum Gasteiger partial charge on any atom is -0.388 e. The lowest BCUT2D eigenvalue weighted by Gasteiger charge is -2.26. The molecule has 4 nitrogen and oxygen atoms in total. The third-order valence-corrected chi connectivity index (χ3v) is 6.88. The Balaban J connectivity index is 1.46. The van der Waals surface area contributed by atoms with Crippen LogP contribution >= 0.6 is 0 Å². The predicted molar refractivity (Wildman–Crippen MR) is 137 cm³/mol. The van der Waals surface area contributed by atoms with Crippen LogP contribution in [0.5, 0.6) is 0 Å². The standard InChI is InChI=1S/C30H35NO3/c1-2-3-4-6-13-24-16-18-25(19-17-24)28(32)22-30(34)26-14-9-10-15-27(26)31(29(30)33)21-20-23-11-7-5-8-12-23/h5,7-12,14-19,28,32,34H,2-4,6,13,20-22H2,1H3. The minimum atomic E-state index is -1.74. The molecule has 1 amide bonds. The van der Waals surface area contributed by atoms with Crippen molar-refractivity contribution in [3.8, 4) is 0 Å². The Morgan fingerprint density at radius 3 is 2.24 bits per heavy atom. The molecule has 4 heteroatoms. The number of rotatable bonds is 11. The topological polar surface area (TPSA) is 60.8 Å². The van der Waals surface area contributed by atoms with E-state index in [1.807, 2.05) is 72.8 Å². The smallest absolute Gasteiger partial charge is 0.263 e. The van der Waals surface area contributed by atoms with Gasteiger partial charge in [-0.25, -0.2) is 0 Å². The van der Waals surface area contributed by atoms with Crippen molar-refractivity contribution in [3.05, 3.63) is 101 Å². The van der Waals surface area contributed by atoms with E-state index in [2.05, 4.69) is 6.92 Å².